The van der Waals surface area contributed by atoms with E-state index in [1.807, 2.05) is 19.3 Å². The molecule has 0 aliphatic carbocycles. The highest BCUT2D eigenvalue weighted by Crippen LogP contribution is 2.14. The molecule has 1 aromatic rings. The first-order valence-corrected chi connectivity index (χ1v) is 5.70. The molecule has 0 radical (unpaired) electrons. The van der Waals surface area contributed by atoms with Crippen LogP contribution in [0.4, 0.5) is 0 Å². The van der Waals surface area contributed by atoms with E-state index in [1.54, 1.807) is 13.2 Å². The second-order valence-corrected chi connectivity index (χ2v) is 4.54. The van der Waals surface area contributed by atoms with Crippen LogP contribution >= 0.6 is 0 Å². The van der Waals surface area contributed by atoms with E-state index in [4.69, 9.17) is 19.7 Å². The van der Waals surface area contributed by atoms with Crippen LogP contribution in [0.15, 0.2) is 16.7 Å². The van der Waals surface area contributed by atoms with E-state index in [9.17, 15) is 4.79 Å². The van der Waals surface area contributed by atoms with E-state index in [1.165, 1.54) is 6.26 Å². The first kappa shape index (κ1) is 14.7. The highest BCUT2D eigenvalue weighted by Gasteiger charge is 2.16. The lowest BCUT2D eigenvalue weighted by molar-refractivity contribution is -0.0143. The van der Waals surface area contributed by atoms with Gasteiger partial charge in [0.05, 0.1) is 11.2 Å². The summed E-state index contributed by atoms with van der Waals surface area (Å²) in [6.07, 6.45) is 2.13. The van der Waals surface area contributed by atoms with Gasteiger partial charge in [0.2, 0.25) is 0 Å². The van der Waals surface area contributed by atoms with Gasteiger partial charge in [-0.3, -0.25) is 10.2 Å². The van der Waals surface area contributed by atoms with Gasteiger partial charge in [0.15, 0.2) is 0 Å². The number of ether oxygens (including phenoxy) is 2. The van der Waals surface area contributed by atoms with Crippen molar-refractivity contribution in [3.8, 4) is 0 Å². The van der Waals surface area contributed by atoms with Gasteiger partial charge in [-0.15, -0.1) is 0 Å². The number of nitrogens with one attached hydrogen (secondary N) is 1. The first-order valence-electron chi connectivity index (χ1n) is 5.70. The number of hydrogen-bond acceptors (Lipinski definition) is 5. The standard InChI is InChI=1S/C12H20N2O4/c1-12(2,16-3)4-5-17-8-10-6-9(7-18-10)11(15)14-13/h6-7H,4-5,8,13H2,1-3H3,(H,14,15). The molecular formula is C12H20N2O4. The van der Waals surface area contributed by atoms with E-state index < -0.39 is 0 Å². The average molecular weight is 256 g/mol. The van der Waals surface area contributed by atoms with Crippen LogP contribution in [0.25, 0.3) is 0 Å². The number of nitrogen functional groups attached to an aromatic ring is 1. The van der Waals surface area contributed by atoms with Crippen molar-refractivity contribution in [2.45, 2.75) is 32.5 Å². The highest BCUT2D eigenvalue weighted by atomic mass is 16.5. The summed E-state index contributed by atoms with van der Waals surface area (Å²) in [6, 6.07) is 1.60. The molecule has 1 heterocycles. The SMILES string of the molecule is COC(C)(C)CCOCc1cc(C(=O)NN)co1. The van der Waals surface area contributed by atoms with Crippen molar-refractivity contribution in [3.05, 3.63) is 23.7 Å². The molecule has 6 nitrogen and oxygen atoms in total. The molecule has 18 heavy (non-hydrogen) atoms. The van der Waals surface area contributed by atoms with Crippen LogP contribution in [0.1, 0.15) is 36.4 Å². The molecule has 0 atom stereocenters. The Morgan fingerprint density at radius 3 is 2.89 bits per heavy atom. The molecule has 6 heteroatoms. The number of hydrazine groups is 1. The monoisotopic (exact) mass is 256 g/mol. The number of carbonyl (C=O) groups excluding carboxylic acids is 1. The number of carbonyl (C=O) groups is 1. The van der Waals surface area contributed by atoms with Crippen molar-refractivity contribution in [2.24, 2.45) is 5.84 Å². The van der Waals surface area contributed by atoms with E-state index in [0.29, 0.717) is 24.5 Å². The quantitative estimate of drug-likeness (QED) is 0.331. The van der Waals surface area contributed by atoms with E-state index in [0.717, 1.165) is 6.42 Å². The Balaban J connectivity index is 2.32. The van der Waals surface area contributed by atoms with Crippen LogP contribution in [0.5, 0.6) is 0 Å². The Bertz CT molecular complexity index is 387. The lowest BCUT2D eigenvalue weighted by Gasteiger charge is -2.22. The average Bonchev–Trinajstić information content (AvgIpc) is 2.82. The maximum Gasteiger partial charge on any atom is 0.268 e. The number of hydrogen-bond donors (Lipinski definition) is 2. The van der Waals surface area contributed by atoms with Gasteiger partial charge in [0.25, 0.3) is 5.91 Å². The van der Waals surface area contributed by atoms with Gasteiger partial charge in [0.1, 0.15) is 18.6 Å². The molecule has 0 fully saturated rings. The molecule has 0 aliphatic rings. The molecule has 0 saturated carbocycles. The fraction of sp³-hybridized carbons (Fsp3) is 0.583. The van der Waals surface area contributed by atoms with Gasteiger partial charge < -0.3 is 13.9 Å². The van der Waals surface area contributed by atoms with Crippen molar-refractivity contribution >= 4 is 5.91 Å². The van der Waals surface area contributed by atoms with Gasteiger partial charge in [0, 0.05) is 13.7 Å². The van der Waals surface area contributed by atoms with Crippen LogP contribution < -0.4 is 11.3 Å². The van der Waals surface area contributed by atoms with Crippen LogP contribution in [-0.4, -0.2) is 25.2 Å². The maximum atomic E-state index is 11.2. The third-order valence-corrected chi connectivity index (χ3v) is 2.69. The van der Waals surface area contributed by atoms with Crippen LogP contribution in [0.3, 0.4) is 0 Å². The Kier molecular flexibility index (Phi) is 5.33. The third-order valence-electron chi connectivity index (χ3n) is 2.69. The van der Waals surface area contributed by atoms with Crippen molar-refractivity contribution in [1.29, 1.82) is 0 Å². The summed E-state index contributed by atoms with van der Waals surface area (Å²) in [6.45, 7) is 4.86. The molecule has 1 rings (SSSR count). The third kappa shape index (κ3) is 4.48. The summed E-state index contributed by atoms with van der Waals surface area (Å²) in [4.78, 5) is 11.2. The summed E-state index contributed by atoms with van der Waals surface area (Å²) in [5, 5.41) is 0. The Labute approximate surface area is 106 Å². The first-order chi connectivity index (χ1) is 8.48. The summed E-state index contributed by atoms with van der Waals surface area (Å²) >= 11 is 0. The van der Waals surface area contributed by atoms with E-state index in [-0.39, 0.29) is 11.5 Å². The molecule has 102 valence electrons. The summed E-state index contributed by atoms with van der Waals surface area (Å²) < 4.78 is 15.9. The predicted octanol–water partition coefficient (Wildman–Crippen LogP) is 1.21. The zero-order valence-electron chi connectivity index (χ0n) is 11.0. The normalized spacial score (nSPS) is 11.6. The largest absolute Gasteiger partial charge is 0.466 e. The minimum atomic E-state index is -0.384. The minimum absolute atomic E-state index is 0.201. The van der Waals surface area contributed by atoms with E-state index >= 15 is 0 Å². The van der Waals surface area contributed by atoms with Crippen molar-refractivity contribution in [1.82, 2.24) is 5.43 Å². The van der Waals surface area contributed by atoms with Crippen LogP contribution in [0, 0.1) is 0 Å². The lowest BCUT2D eigenvalue weighted by Crippen LogP contribution is -2.29. The minimum Gasteiger partial charge on any atom is -0.466 e. The molecule has 1 aromatic heterocycles. The number of methoxy groups -OCH3 is 1. The summed E-state index contributed by atoms with van der Waals surface area (Å²) in [5.74, 6) is 5.21. The molecule has 0 saturated heterocycles. The molecule has 0 bridgehead atoms. The maximum absolute atomic E-state index is 11.2. The zero-order valence-corrected chi connectivity index (χ0v) is 11.0. The molecule has 0 spiro atoms. The van der Waals surface area contributed by atoms with Crippen LogP contribution in [0.2, 0.25) is 0 Å². The Morgan fingerprint density at radius 2 is 2.28 bits per heavy atom. The number of furan rings is 1. The van der Waals surface area contributed by atoms with Gasteiger partial charge in [-0.2, -0.15) is 0 Å². The van der Waals surface area contributed by atoms with Gasteiger partial charge in [-0.25, -0.2) is 5.84 Å². The second kappa shape index (κ2) is 6.53. The number of rotatable bonds is 7. The molecule has 3 N–H and O–H groups in total. The number of amides is 1. The summed E-state index contributed by atoms with van der Waals surface area (Å²) in [7, 11) is 1.67. The van der Waals surface area contributed by atoms with Crippen molar-refractivity contribution in [3.63, 3.8) is 0 Å². The van der Waals surface area contributed by atoms with Crippen molar-refractivity contribution in [2.75, 3.05) is 13.7 Å². The fourth-order valence-corrected chi connectivity index (χ4v) is 1.25. The van der Waals surface area contributed by atoms with Crippen LogP contribution in [-0.2, 0) is 16.1 Å². The molecule has 0 aliphatic heterocycles. The van der Waals surface area contributed by atoms with E-state index in [2.05, 4.69) is 0 Å². The Morgan fingerprint density at radius 1 is 1.56 bits per heavy atom. The molecule has 1 amide bonds. The van der Waals surface area contributed by atoms with Gasteiger partial charge >= 0.3 is 0 Å². The summed E-state index contributed by atoms with van der Waals surface area (Å²) in [5.41, 5.74) is 2.22. The molecule has 0 aromatic carbocycles. The van der Waals surface area contributed by atoms with Gasteiger partial charge in [-0.1, -0.05) is 0 Å². The van der Waals surface area contributed by atoms with Crippen molar-refractivity contribution < 1.29 is 18.7 Å². The number of nitrogens with two attached hydrogens (primary N) is 1. The second-order valence-electron chi connectivity index (χ2n) is 4.54. The highest BCUT2D eigenvalue weighted by molar-refractivity contribution is 5.93. The van der Waals surface area contributed by atoms with Gasteiger partial charge in [-0.05, 0) is 26.3 Å². The predicted molar refractivity (Wildman–Crippen MR) is 65.7 cm³/mol. The lowest BCUT2D eigenvalue weighted by atomic mass is 10.1. The Hall–Kier alpha value is -1.37. The fourth-order valence-electron chi connectivity index (χ4n) is 1.25. The smallest absolute Gasteiger partial charge is 0.268 e. The zero-order chi connectivity index (χ0) is 13.6. The topological polar surface area (TPSA) is 86.7 Å². The molecular weight excluding hydrogens is 236 g/mol. The molecule has 0 unspecified atom stereocenters.